The molecule has 0 aliphatic carbocycles. The van der Waals surface area contributed by atoms with Gasteiger partial charge < -0.3 is 5.32 Å². The fourth-order valence-corrected chi connectivity index (χ4v) is 7.14. The van der Waals surface area contributed by atoms with E-state index in [0.717, 1.165) is 43.2 Å². The fraction of sp³-hybridized carbons (Fsp3) is 0.406. The molecule has 0 spiro atoms. The summed E-state index contributed by atoms with van der Waals surface area (Å²) in [6.45, 7) is 9.11. The second-order valence-electron chi connectivity index (χ2n) is 11.2. The number of likely N-dealkylation sites (tertiary alicyclic amines) is 1. The van der Waals surface area contributed by atoms with Gasteiger partial charge in [0.25, 0.3) is 5.91 Å². The highest BCUT2D eigenvalue weighted by molar-refractivity contribution is 7.89. The Hall–Kier alpha value is -3.04. The normalized spacial score (nSPS) is 19.4. The molecular weight excluding hydrogens is 520 g/mol. The highest BCUT2D eigenvalue weighted by atomic mass is 32.2. The molecule has 2 fully saturated rings. The van der Waals surface area contributed by atoms with Gasteiger partial charge in [-0.15, -0.1) is 0 Å². The van der Waals surface area contributed by atoms with Crippen LogP contribution in [-0.4, -0.2) is 67.7 Å². The van der Waals surface area contributed by atoms with Gasteiger partial charge >= 0.3 is 0 Å². The number of rotatable bonds is 9. The molecule has 0 saturated carbocycles. The molecule has 8 heteroatoms. The van der Waals surface area contributed by atoms with Crippen molar-refractivity contribution in [3.63, 3.8) is 0 Å². The summed E-state index contributed by atoms with van der Waals surface area (Å²) in [6.07, 6.45) is 2.59. The Morgan fingerprint density at radius 2 is 1.50 bits per heavy atom. The zero-order chi connectivity index (χ0) is 28.0. The number of piperidine rings is 1. The minimum absolute atomic E-state index is 0.0819. The third-order valence-electron chi connectivity index (χ3n) is 7.93. The maximum atomic E-state index is 12.9. The predicted octanol–water partition coefficient (Wildman–Crippen LogP) is 4.36. The summed E-state index contributed by atoms with van der Waals surface area (Å²) >= 11 is 0. The Kier molecular flexibility index (Phi) is 9.32. The third kappa shape index (κ3) is 7.37. The van der Waals surface area contributed by atoms with E-state index in [2.05, 4.69) is 46.3 Å². The first-order valence-corrected chi connectivity index (χ1v) is 15.8. The maximum absolute atomic E-state index is 12.9. The Labute approximate surface area is 238 Å². The zero-order valence-corrected chi connectivity index (χ0v) is 24.2. The Morgan fingerprint density at radius 1 is 0.800 bits per heavy atom. The van der Waals surface area contributed by atoms with E-state index >= 15 is 0 Å². The van der Waals surface area contributed by atoms with Crippen LogP contribution in [0.5, 0.6) is 0 Å². The van der Waals surface area contributed by atoms with Gasteiger partial charge in [0.1, 0.15) is 0 Å². The number of hydrogen-bond donors (Lipinski definition) is 1. The van der Waals surface area contributed by atoms with Crippen molar-refractivity contribution < 1.29 is 13.2 Å². The lowest BCUT2D eigenvalue weighted by atomic mass is 9.99. The van der Waals surface area contributed by atoms with Gasteiger partial charge in [0.15, 0.2) is 0 Å². The molecule has 0 radical (unpaired) electrons. The number of sulfonamides is 1. The van der Waals surface area contributed by atoms with Crippen molar-refractivity contribution in [2.24, 2.45) is 5.92 Å². The van der Waals surface area contributed by atoms with Crippen LogP contribution in [0.2, 0.25) is 0 Å². The second kappa shape index (κ2) is 13.1. The number of piperazine rings is 1. The second-order valence-corrected chi connectivity index (χ2v) is 13.1. The van der Waals surface area contributed by atoms with Crippen LogP contribution in [-0.2, 0) is 29.7 Å². The van der Waals surface area contributed by atoms with E-state index in [9.17, 15) is 13.2 Å². The summed E-state index contributed by atoms with van der Waals surface area (Å²) in [5.74, 6) is 0.679. The third-order valence-corrected chi connectivity index (χ3v) is 9.84. The maximum Gasteiger partial charge on any atom is 0.251 e. The lowest BCUT2D eigenvalue weighted by molar-refractivity contribution is 0.0951. The molecule has 2 saturated heterocycles. The zero-order valence-electron chi connectivity index (χ0n) is 23.3. The molecule has 0 bridgehead atoms. The minimum Gasteiger partial charge on any atom is -0.348 e. The summed E-state index contributed by atoms with van der Waals surface area (Å²) in [5.41, 5.74) is 4.15. The van der Waals surface area contributed by atoms with E-state index < -0.39 is 10.0 Å². The smallest absolute Gasteiger partial charge is 0.251 e. The highest BCUT2D eigenvalue weighted by Crippen LogP contribution is 2.20. The van der Waals surface area contributed by atoms with Crippen molar-refractivity contribution in [1.29, 1.82) is 0 Å². The molecular formula is C32H40N4O3S. The first-order valence-electron chi connectivity index (χ1n) is 14.3. The standard InChI is InChI=1S/C32H40N4O3S/c1-26-7-6-16-35(23-26)25-29-9-5-8-28(21-29)22-33-32(37)30-14-12-27(13-15-30)24-34-17-19-36(20-18-34)40(38,39)31-10-3-2-4-11-31/h2-5,8-15,21,26H,6-7,16-20,22-25H2,1H3,(H,33,37). The summed E-state index contributed by atoms with van der Waals surface area (Å²) in [6, 6.07) is 24.9. The number of nitrogens with zero attached hydrogens (tertiary/aromatic N) is 3. The van der Waals surface area contributed by atoms with Crippen LogP contribution in [0.15, 0.2) is 83.8 Å². The number of nitrogens with one attached hydrogen (secondary N) is 1. The van der Waals surface area contributed by atoms with Crippen molar-refractivity contribution in [1.82, 2.24) is 19.4 Å². The van der Waals surface area contributed by atoms with Crippen LogP contribution in [0.25, 0.3) is 0 Å². The predicted molar refractivity (Wildman–Crippen MR) is 158 cm³/mol. The van der Waals surface area contributed by atoms with Gasteiger partial charge in [-0.3, -0.25) is 14.6 Å². The average Bonchev–Trinajstić information content (AvgIpc) is 2.97. The molecule has 0 aromatic heterocycles. The molecule has 1 unspecified atom stereocenters. The van der Waals surface area contributed by atoms with Gasteiger partial charge in [-0.2, -0.15) is 4.31 Å². The molecule has 2 aliphatic heterocycles. The van der Waals surface area contributed by atoms with Crippen molar-refractivity contribution in [3.05, 3.63) is 101 Å². The largest absolute Gasteiger partial charge is 0.348 e. The lowest BCUT2D eigenvalue weighted by Gasteiger charge is -2.34. The van der Waals surface area contributed by atoms with Crippen molar-refractivity contribution >= 4 is 15.9 Å². The first kappa shape index (κ1) is 28.5. The number of carbonyl (C=O) groups is 1. The van der Waals surface area contributed by atoms with E-state index in [1.807, 2.05) is 30.3 Å². The van der Waals surface area contributed by atoms with Gasteiger partial charge in [-0.1, -0.05) is 61.5 Å². The van der Waals surface area contributed by atoms with E-state index in [1.54, 1.807) is 28.6 Å². The van der Waals surface area contributed by atoms with Gasteiger partial charge in [-0.05, 0) is 66.3 Å². The summed E-state index contributed by atoms with van der Waals surface area (Å²) < 4.78 is 27.3. The number of amides is 1. The Balaban J connectivity index is 1.08. The van der Waals surface area contributed by atoms with Crippen LogP contribution in [0.4, 0.5) is 0 Å². The lowest BCUT2D eigenvalue weighted by Crippen LogP contribution is -2.48. The molecule has 40 heavy (non-hydrogen) atoms. The molecule has 5 rings (SSSR count). The van der Waals surface area contributed by atoms with Gasteiger partial charge in [-0.25, -0.2) is 8.42 Å². The van der Waals surface area contributed by atoms with E-state index in [-0.39, 0.29) is 5.91 Å². The monoisotopic (exact) mass is 560 g/mol. The van der Waals surface area contributed by atoms with Crippen LogP contribution in [0.1, 0.15) is 46.8 Å². The number of hydrogen-bond acceptors (Lipinski definition) is 5. The van der Waals surface area contributed by atoms with Crippen LogP contribution >= 0.6 is 0 Å². The van der Waals surface area contributed by atoms with Crippen LogP contribution < -0.4 is 5.32 Å². The summed E-state index contributed by atoms with van der Waals surface area (Å²) in [5, 5.41) is 3.06. The molecule has 7 nitrogen and oxygen atoms in total. The van der Waals surface area contributed by atoms with Gasteiger partial charge in [0.2, 0.25) is 10.0 Å². The molecule has 2 heterocycles. The van der Waals surface area contributed by atoms with Crippen LogP contribution in [0.3, 0.4) is 0 Å². The Morgan fingerprint density at radius 3 is 2.23 bits per heavy atom. The summed E-state index contributed by atoms with van der Waals surface area (Å²) in [4.78, 5) is 17.9. The molecule has 1 N–H and O–H groups in total. The number of benzene rings is 3. The Bertz CT molecular complexity index is 1370. The molecule has 1 amide bonds. The number of carbonyl (C=O) groups excluding carboxylic acids is 1. The topological polar surface area (TPSA) is 73.0 Å². The molecule has 2 aliphatic rings. The SMILES string of the molecule is CC1CCCN(Cc2cccc(CNC(=O)c3ccc(CN4CCN(S(=O)(=O)c5ccccc5)CC4)cc3)c2)C1. The van der Waals surface area contributed by atoms with Gasteiger partial charge in [0, 0.05) is 57.9 Å². The van der Waals surface area contributed by atoms with E-state index in [0.29, 0.717) is 43.2 Å². The highest BCUT2D eigenvalue weighted by Gasteiger charge is 2.28. The first-order chi connectivity index (χ1) is 19.4. The van der Waals surface area contributed by atoms with Crippen molar-refractivity contribution in [2.75, 3.05) is 39.3 Å². The summed E-state index contributed by atoms with van der Waals surface area (Å²) in [7, 11) is -3.45. The van der Waals surface area contributed by atoms with Crippen LogP contribution in [0, 0.1) is 5.92 Å². The van der Waals surface area contributed by atoms with Crippen molar-refractivity contribution in [2.45, 2.75) is 44.3 Å². The minimum atomic E-state index is -3.45. The molecule has 3 aromatic rings. The van der Waals surface area contributed by atoms with E-state index in [1.165, 1.54) is 18.4 Å². The average molecular weight is 561 g/mol. The van der Waals surface area contributed by atoms with Gasteiger partial charge in [0.05, 0.1) is 4.90 Å². The van der Waals surface area contributed by atoms with E-state index in [4.69, 9.17) is 0 Å². The molecule has 3 aromatic carbocycles. The molecule has 212 valence electrons. The quantitative estimate of drug-likeness (QED) is 0.421. The van der Waals surface area contributed by atoms with Crippen molar-refractivity contribution in [3.8, 4) is 0 Å². The molecule has 1 atom stereocenters. The fourth-order valence-electron chi connectivity index (χ4n) is 5.70.